The topological polar surface area (TPSA) is 118 Å². The van der Waals surface area contributed by atoms with E-state index in [1.54, 1.807) is 19.1 Å². The van der Waals surface area contributed by atoms with Crippen LogP contribution in [0, 0.1) is 6.92 Å². The number of aromatic amines is 1. The van der Waals surface area contributed by atoms with Gasteiger partial charge in [0.05, 0.1) is 16.1 Å². The van der Waals surface area contributed by atoms with Crippen LogP contribution in [0.3, 0.4) is 0 Å². The summed E-state index contributed by atoms with van der Waals surface area (Å²) < 4.78 is 23.0. The number of fused-ring (bicyclic) bond motifs is 3. The third kappa shape index (κ3) is 2.22. The lowest BCUT2D eigenvalue weighted by molar-refractivity contribution is 0.0958. The lowest BCUT2D eigenvalue weighted by Crippen LogP contribution is -2.19. The number of hydrogen-bond acceptors (Lipinski definition) is 4. The third-order valence-electron chi connectivity index (χ3n) is 3.53. The van der Waals surface area contributed by atoms with Crippen molar-refractivity contribution in [3.8, 4) is 0 Å². The first kappa shape index (κ1) is 14.5. The molecule has 0 aliphatic rings. The number of aryl methyl sites for hydroxylation is 1. The van der Waals surface area contributed by atoms with E-state index in [1.165, 1.54) is 19.2 Å². The molecule has 0 aliphatic heterocycles. The standard InChI is InChI=1S/C14H14N4O3S/c1-7-13-10(6-12(17-7)14(19)16-2)9-5-8(22(15,20)21)3-4-11(9)18-13/h3-6,18H,1-2H3,(H,16,19)(H2,15,20,21). The number of pyridine rings is 1. The molecule has 0 aliphatic carbocycles. The Morgan fingerprint density at radius 3 is 2.64 bits per heavy atom. The lowest BCUT2D eigenvalue weighted by Gasteiger charge is -2.02. The van der Waals surface area contributed by atoms with Crippen molar-refractivity contribution >= 4 is 37.7 Å². The predicted molar refractivity (Wildman–Crippen MR) is 83.1 cm³/mol. The molecular formula is C14H14N4O3S. The van der Waals surface area contributed by atoms with Crippen LogP contribution in [-0.4, -0.2) is 31.3 Å². The van der Waals surface area contributed by atoms with Crippen molar-refractivity contribution < 1.29 is 13.2 Å². The van der Waals surface area contributed by atoms with Gasteiger partial charge in [0.15, 0.2) is 0 Å². The second-order valence-electron chi connectivity index (χ2n) is 4.97. The lowest BCUT2D eigenvalue weighted by atomic mass is 10.1. The van der Waals surface area contributed by atoms with Crippen LogP contribution in [-0.2, 0) is 10.0 Å². The van der Waals surface area contributed by atoms with Gasteiger partial charge in [0.2, 0.25) is 10.0 Å². The summed E-state index contributed by atoms with van der Waals surface area (Å²) >= 11 is 0. The van der Waals surface area contributed by atoms with Gasteiger partial charge in [0, 0.05) is 23.3 Å². The highest BCUT2D eigenvalue weighted by atomic mass is 32.2. The molecule has 2 aromatic heterocycles. The molecular weight excluding hydrogens is 304 g/mol. The van der Waals surface area contributed by atoms with Gasteiger partial charge in [0.1, 0.15) is 5.69 Å². The van der Waals surface area contributed by atoms with Crippen LogP contribution < -0.4 is 10.5 Å². The number of carbonyl (C=O) groups is 1. The fourth-order valence-electron chi connectivity index (χ4n) is 2.45. The fourth-order valence-corrected chi connectivity index (χ4v) is 2.99. The summed E-state index contributed by atoms with van der Waals surface area (Å²) in [5.41, 5.74) is 2.44. The highest BCUT2D eigenvalue weighted by Gasteiger charge is 2.15. The number of aromatic nitrogens is 2. The first-order valence-corrected chi connectivity index (χ1v) is 8.04. The van der Waals surface area contributed by atoms with Crippen molar-refractivity contribution in [2.45, 2.75) is 11.8 Å². The Morgan fingerprint density at radius 1 is 1.27 bits per heavy atom. The van der Waals surface area contributed by atoms with Crippen LogP contribution in [0.1, 0.15) is 16.2 Å². The number of nitrogens with two attached hydrogens (primary N) is 1. The Bertz CT molecular complexity index is 1020. The largest absolute Gasteiger partial charge is 0.354 e. The van der Waals surface area contributed by atoms with Crippen molar-refractivity contribution in [3.63, 3.8) is 0 Å². The minimum Gasteiger partial charge on any atom is -0.354 e. The number of nitrogens with one attached hydrogen (secondary N) is 2. The van der Waals surface area contributed by atoms with Crippen molar-refractivity contribution in [1.82, 2.24) is 15.3 Å². The summed E-state index contributed by atoms with van der Waals surface area (Å²) in [5.74, 6) is -0.304. The number of rotatable bonds is 2. The Hall–Kier alpha value is -2.45. The molecule has 7 nitrogen and oxygen atoms in total. The zero-order chi connectivity index (χ0) is 16.1. The number of H-pyrrole nitrogens is 1. The van der Waals surface area contributed by atoms with Crippen molar-refractivity contribution in [2.24, 2.45) is 5.14 Å². The molecule has 0 fully saturated rings. The molecule has 22 heavy (non-hydrogen) atoms. The molecule has 0 bridgehead atoms. The molecule has 1 amide bonds. The summed E-state index contributed by atoms with van der Waals surface area (Å²) in [6.07, 6.45) is 0. The number of sulfonamides is 1. The Labute approximate surface area is 126 Å². The van der Waals surface area contributed by atoms with Crippen molar-refractivity contribution in [3.05, 3.63) is 35.7 Å². The number of primary sulfonamides is 1. The third-order valence-corrected chi connectivity index (χ3v) is 4.44. The van der Waals surface area contributed by atoms with Gasteiger partial charge in [-0.25, -0.2) is 18.5 Å². The number of carbonyl (C=O) groups excluding carboxylic acids is 1. The summed E-state index contributed by atoms with van der Waals surface area (Å²) in [5, 5.41) is 9.10. The second-order valence-corrected chi connectivity index (χ2v) is 6.53. The van der Waals surface area contributed by atoms with Gasteiger partial charge in [-0.1, -0.05) is 0 Å². The molecule has 0 atom stereocenters. The smallest absolute Gasteiger partial charge is 0.269 e. The molecule has 3 rings (SSSR count). The molecule has 0 unspecified atom stereocenters. The van der Waals surface area contributed by atoms with E-state index in [1.807, 2.05) is 0 Å². The minimum absolute atomic E-state index is 0.0249. The quantitative estimate of drug-likeness (QED) is 0.654. The van der Waals surface area contributed by atoms with E-state index in [2.05, 4.69) is 15.3 Å². The molecule has 8 heteroatoms. The van der Waals surface area contributed by atoms with E-state index in [-0.39, 0.29) is 16.5 Å². The van der Waals surface area contributed by atoms with Gasteiger partial charge in [-0.2, -0.15) is 0 Å². The molecule has 0 radical (unpaired) electrons. The molecule has 2 heterocycles. The van der Waals surface area contributed by atoms with Crippen LogP contribution in [0.15, 0.2) is 29.2 Å². The maximum absolute atomic E-state index is 11.8. The maximum atomic E-state index is 11.8. The monoisotopic (exact) mass is 318 g/mol. The maximum Gasteiger partial charge on any atom is 0.269 e. The predicted octanol–water partition coefficient (Wildman–Crippen LogP) is 1.03. The van der Waals surface area contributed by atoms with Crippen LogP contribution in [0.5, 0.6) is 0 Å². The van der Waals surface area contributed by atoms with Crippen molar-refractivity contribution in [2.75, 3.05) is 7.05 Å². The number of hydrogen-bond donors (Lipinski definition) is 3. The van der Waals surface area contributed by atoms with E-state index in [4.69, 9.17) is 5.14 Å². The average Bonchev–Trinajstić information content (AvgIpc) is 2.84. The Balaban J connectivity index is 2.39. The van der Waals surface area contributed by atoms with E-state index < -0.39 is 10.0 Å². The average molecular weight is 318 g/mol. The van der Waals surface area contributed by atoms with E-state index in [0.717, 1.165) is 16.4 Å². The SMILES string of the molecule is CNC(=O)c1cc2c([nH]c3ccc(S(N)(=O)=O)cc32)c(C)n1. The molecule has 114 valence electrons. The van der Waals surface area contributed by atoms with Crippen molar-refractivity contribution in [1.29, 1.82) is 0 Å². The Morgan fingerprint density at radius 2 is 2.00 bits per heavy atom. The van der Waals surface area contributed by atoms with E-state index >= 15 is 0 Å². The summed E-state index contributed by atoms with van der Waals surface area (Å²) in [4.78, 5) is 19.3. The zero-order valence-electron chi connectivity index (χ0n) is 12.0. The van der Waals surface area contributed by atoms with Crippen LogP contribution in [0.4, 0.5) is 0 Å². The van der Waals surface area contributed by atoms with Crippen LogP contribution in [0.25, 0.3) is 21.8 Å². The highest BCUT2D eigenvalue weighted by Crippen LogP contribution is 2.29. The van der Waals surface area contributed by atoms with Gasteiger partial charge < -0.3 is 10.3 Å². The first-order chi connectivity index (χ1) is 10.3. The minimum atomic E-state index is -3.79. The molecule has 4 N–H and O–H groups in total. The van der Waals surface area contributed by atoms with E-state index in [0.29, 0.717) is 11.1 Å². The molecule has 0 saturated heterocycles. The van der Waals surface area contributed by atoms with Gasteiger partial charge in [-0.15, -0.1) is 0 Å². The molecule has 1 aromatic carbocycles. The summed E-state index contributed by atoms with van der Waals surface area (Å²) in [6.45, 7) is 1.78. The number of amides is 1. The second kappa shape index (κ2) is 4.79. The van der Waals surface area contributed by atoms with Gasteiger partial charge in [0.25, 0.3) is 5.91 Å². The van der Waals surface area contributed by atoms with Gasteiger partial charge in [-0.3, -0.25) is 4.79 Å². The first-order valence-electron chi connectivity index (χ1n) is 6.49. The summed E-state index contributed by atoms with van der Waals surface area (Å²) in [6, 6.07) is 6.22. The number of benzene rings is 1. The van der Waals surface area contributed by atoms with Gasteiger partial charge >= 0.3 is 0 Å². The Kier molecular flexibility index (Phi) is 3.15. The van der Waals surface area contributed by atoms with Crippen LogP contribution >= 0.6 is 0 Å². The zero-order valence-corrected chi connectivity index (χ0v) is 12.8. The van der Waals surface area contributed by atoms with Crippen LogP contribution in [0.2, 0.25) is 0 Å². The fraction of sp³-hybridized carbons (Fsp3) is 0.143. The van der Waals surface area contributed by atoms with E-state index in [9.17, 15) is 13.2 Å². The normalized spacial score (nSPS) is 12.0. The number of nitrogens with zero attached hydrogens (tertiary/aromatic N) is 1. The molecule has 0 spiro atoms. The molecule has 3 aromatic rings. The van der Waals surface area contributed by atoms with Gasteiger partial charge in [-0.05, 0) is 31.2 Å². The molecule has 0 saturated carbocycles. The highest BCUT2D eigenvalue weighted by molar-refractivity contribution is 7.89. The summed E-state index contributed by atoms with van der Waals surface area (Å²) in [7, 11) is -2.27.